The number of carbonyl (C=O) groups is 1. The smallest absolute Gasteiger partial charge is 0.278 e. The van der Waals surface area contributed by atoms with Crippen LogP contribution in [0.4, 0.5) is 8.78 Å². The van der Waals surface area contributed by atoms with E-state index >= 15 is 4.39 Å². The molecule has 5 heterocycles. The molecule has 0 unspecified atom stereocenters. The van der Waals surface area contributed by atoms with Gasteiger partial charge in [0.1, 0.15) is 18.8 Å². The molecular weight excluding hydrogens is 556 g/mol. The van der Waals surface area contributed by atoms with Crippen LogP contribution in [-0.2, 0) is 17.1 Å². The van der Waals surface area contributed by atoms with Gasteiger partial charge >= 0.3 is 0 Å². The summed E-state index contributed by atoms with van der Waals surface area (Å²) < 4.78 is 44.2. The van der Waals surface area contributed by atoms with Crippen LogP contribution in [0, 0.1) is 11.6 Å². The summed E-state index contributed by atoms with van der Waals surface area (Å²) in [6.45, 7) is 0.965. The van der Waals surface area contributed by atoms with Crippen LogP contribution >= 0.6 is 23.1 Å². The minimum Gasteiger partial charge on any atom is -0.482 e. The zero-order valence-corrected chi connectivity index (χ0v) is 22.7. The molecule has 204 valence electrons. The molecule has 0 N–H and O–H groups in total. The summed E-state index contributed by atoms with van der Waals surface area (Å²) in [5, 5.41) is 3.92. The predicted octanol–water partition coefficient (Wildman–Crippen LogP) is 4.91. The largest absolute Gasteiger partial charge is 0.482 e. The van der Waals surface area contributed by atoms with Gasteiger partial charge in [-0.1, -0.05) is 36.4 Å². The number of amides is 1. The summed E-state index contributed by atoms with van der Waals surface area (Å²) in [7, 11) is 0. The highest BCUT2D eigenvalue weighted by molar-refractivity contribution is 8.00. The van der Waals surface area contributed by atoms with Crippen LogP contribution in [-0.4, -0.2) is 41.4 Å². The highest BCUT2D eigenvalue weighted by atomic mass is 32.2. The standard InChI is InChI=1S/C29H23F2N3O4S2/c30-21-7-6-18-20(24(21)31)16-40-29-19(9-13-39-29)25(18)34-23-15-37-12-11-32(23)28(36)26-27(22(35)8-10-33(26)34)38-14-17-4-2-1-3-5-17/h1-10,13,23,25H,11-12,14-16H2/t23-,25+/m1/s1. The highest BCUT2D eigenvalue weighted by Gasteiger charge is 2.46. The van der Waals surface area contributed by atoms with Crippen LogP contribution in [0.15, 0.2) is 75.2 Å². The third kappa shape index (κ3) is 4.03. The number of benzene rings is 2. The first-order chi connectivity index (χ1) is 19.5. The Kier molecular flexibility index (Phi) is 6.37. The van der Waals surface area contributed by atoms with E-state index in [0.717, 1.165) is 21.4 Å². The lowest BCUT2D eigenvalue weighted by atomic mass is 9.94. The van der Waals surface area contributed by atoms with Crippen molar-refractivity contribution in [1.82, 2.24) is 9.58 Å². The van der Waals surface area contributed by atoms with Gasteiger partial charge < -0.3 is 14.4 Å². The number of ether oxygens (including phenoxy) is 2. The maximum absolute atomic E-state index is 15.2. The number of halogens is 2. The van der Waals surface area contributed by atoms with E-state index in [0.29, 0.717) is 18.7 Å². The van der Waals surface area contributed by atoms with Gasteiger partial charge in [-0.15, -0.1) is 23.1 Å². The Morgan fingerprint density at radius 2 is 1.88 bits per heavy atom. The Hall–Kier alpha value is -3.67. The second kappa shape index (κ2) is 10.1. The molecule has 3 aliphatic rings. The van der Waals surface area contributed by atoms with Gasteiger partial charge in [0.2, 0.25) is 5.43 Å². The van der Waals surface area contributed by atoms with Crippen LogP contribution < -0.4 is 15.2 Å². The van der Waals surface area contributed by atoms with Crippen molar-refractivity contribution in [3.8, 4) is 5.75 Å². The van der Waals surface area contributed by atoms with Crippen molar-refractivity contribution in [1.29, 1.82) is 0 Å². The molecule has 1 amide bonds. The van der Waals surface area contributed by atoms with Crippen molar-refractivity contribution in [2.75, 3.05) is 24.8 Å². The van der Waals surface area contributed by atoms with Gasteiger partial charge in [0, 0.05) is 35.7 Å². The molecule has 0 saturated carbocycles. The van der Waals surface area contributed by atoms with Gasteiger partial charge in [0.25, 0.3) is 5.91 Å². The second-order valence-corrected chi connectivity index (χ2v) is 11.9. The molecule has 2 aromatic carbocycles. The predicted molar refractivity (Wildman–Crippen MR) is 147 cm³/mol. The number of fused-ring (bicyclic) bond motifs is 4. The Bertz CT molecular complexity index is 1680. The molecule has 11 heteroatoms. The van der Waals surface area contributed by atoms with Crippen LogP contribution in [0.25, 0.3) is 0 Å². The normalized spacial score (nSPS) is 19.8. The maximum Gasteiger partial charge on any atom is 0.278 e. The summed E-state index contributed by atoms with van der Waals surface area (Å²) in [6.07, 6.45) is 1.00. The minimum atomic E-state index is -0.902. The number of thioether (sulfide) groups is 1. The lowest BCUT2D eigenvalue weighted by molar-refractivity contribution is -0.0199. The highest BCUT2D eigenvalue weighted by Crippen LogP contribution is 2.47. The first kappa shape index (κ1) is 25.3. The molecule has 7 rings (SSSR count). The Balaban J connectivity index is 1.44. The molecule has 2 aromatic heterocycles. The number of thiophene rings is 1. The Morgan fingerprint density at radius 3 is 2.73 bits per heavy atom. The molecule has 4 aromatic rings. The van der Waals surface area contributed by atoms with E-state index in [1.54, 1.807) is 21.8 Å². The van der Waals surface area contributed by atoms with E-state index in [-0.39, 0.29) is 41.9 Å². The van der Waals surface area contributed by atoms with Crippen LogP contribution in [0.2, 0.25) is 0 Å². The molecule has 0 aliphatic carbocycles. The number of hydrogen-bond donors (Lipinski definition) is 0. The van der Waals surface area contributed by atoms with E-state index < -0.39 is 29.3 Å². The quantitative estimate of drug-likeness (QED) is 0.343. The summed E-state index contributed by atoms with van der Waals surface area (Å²) in [5.74, 6) is -1.90. The molecule has 2 atom stereocenters. The molecule has 3 aliphatic heterocycles. The van der Waals surface area contributed by atoms with Crippen LogP contribution in [0.3, 0.4) is 0 Å². The SMILES string of the molecule is O=C1c2c(OCc3ccccc3)c(=O)ccn2N([C@@H]2c3ccsc3SCc3c2ccc(F)c3F)[C@@H]2COCCN12. The number of morpholine rings is 1. The molecule has 1 saturated heterocycles. The number of aromatic nitrogens is 1. The van der Waals surface area contributed by atoms with Crippen molar-refractivity contribution in [2.24, 2.45) is 0 Å². The third-order valence-electron chi connectivity index (χ3n) is 7.47. The summed E-state index contributed by atoms with van der Waals surface area (Å²) >= 11 is 3.00. The van der Waals surface area contributed by atoms with Gasteiger partial charge in [-0.05, 0) is 28.6 Å². The van der Waals surface area contributed by atoms with Crippen molar-refractivity contribution in [2.45, 2.75) is 28.8 Å². The minimum absolute atomic E-state index is 0.0506. The average Bonchev–Trinajstić information content (AvgIpc) is 3.38. The van der Waals surface area contributed by atoms with Crippen molar-refractivity contribution in [3.05, 3.63) is 116 Å². The number of pyridine rings is 1. The number of rotatable bonds is 4. The molecule has 40 heavy (non-hydrogen) atoms. The van der Waals surface area contributed by atoms with Gasteiger partial charge in [-0.25, -0.2) is 8.78 Å². The zero-order chi connectivity index (χ0) is 27.4. The van der Waals surface area contributed by atoms with Crippen molar-refractivity contribution in [3.63, 3.8) is 0 Å². The topological polar surface area (TPSA) is 64.0 Å². The van der Waals surface area contributed by atoms with Gasteiger partial charge in [0.15, 0.2) is 23.1 Å². The van der Waals surface area contributed by atoms with E-state index in [4.69, 9.17) is 9.47 Å². The summed E-state index contributed by atoms with van der Waals surface area (Å²) in [5.41, 5.74) is 2.32. The van der Waals surface area contributed by atoms with Crippen LogP contribution in [0.1, 0.15) is 38.8 Å². The number of hydrogen-bond acceptors (Lipinski definition) is 7. The first-order valence-electron chi connectivity index (χ1n) is 12.8. The molecule has 1 fully saturated rings. The number of carbonyl (C=O) groups excluding carboxylic acids is 1. The monoisotopic (exact) mass is 579 g/mol. The average molecular weight is 580 g/mol. The molecule has 0 spiro atoms. The van der Waals surface area contributed by atoms with Gasteiger partial charge in [-0.3, -0.25) is 19.3 Å². The van der Waals surface area contributed by atoms with Crippen molar-refractivity contribution >= 4 is 29.0 Å². The Labute approximate surface area is 236 Å². The van der Waals surface area contributed by atoms with Crippen molar-refractivity contribution < 1.29 is 23.0 Å². The van der Waals surface area contributed by atoms with E-state index in [2.05, 4.69) is 0 Å². The van der Waals surface area contributed by atoms with E-state index in [1.165, 1.54) is 29.2 Å². The molecule has 0 radical (unpaired) electrons. The molecular formula is C29H23F2N3O4S2. The molecule has 0 bridgehead atoms. The number of nitrogens with zero attached hydrogens (tertiary/aromatic N) is 3. The lowest BCUT2D eigenvalue weighted by Gasteiger charge is -2.51. The first-order valence-corrected chi connectivity index (χ1v) is 14.7. The van der Waals surface area contributed by atoms with E-state index in [1.807, 2.05) is 46.8 Å². The third-order valence-corrected chi connectivity index (χ3v) is 9.77. The van der Waals surface area contributed by atoms with Gasteiger partial charge in [-0.2, -0.15) is 0 Å². The molecule has 7 nitrogen and oxygen atoms in total. The fourth-order valence-corrected chi connectivity index (χ4v) is 7.80. The van der Waals surface area contributed by atoms with Gasteiger partial charge in [0.05, 0.1) is 17.4 Å². The summed E-state index contributed by atoms with van der Waals surface area (Å²) in [6, 6.07) is 14.9. The fraction of sp³-hybridized carbons (Fsp3) is 0.241. The zero-order valence-electron chi connectivity index (χ0n) is 21.1. The maximum atomic E-state index is 15.2. The van der Waals surface area contributed by atoms with Crippen LogP contribution in [0.5, 0.6) is 5.75 Å². The fourth-order valence-electron chi connectivity index (χ4n) is 5.61. The summed E-state index contributed by atoms with van der Waals surface area (Å²) in [4.78, 5) is 28.8. The Morgan fingerprint density at radius 1 is 1.02 bits per heavy atom. The lowest BCUT2D eigenvalue weighted by Crippen LogP contribution is -2.66. The second-order valence-electron chi connectivity index (χ2n) is 9.69. The van der Waals surface area contributed by atoms with E-state index in [9.17, 15) is 14.0 Å².